The predicted octanol–water partition coefficient (Wildman–Crippen LogP) is 2.82. The van der Waals surface area contributed by atoms with Gasteiger partial charge < -0.3 is 5.11 Å². The zero-order valence-electron chi connectivity index (χ0n) is 6.66. The third-order valence-corrected chi connectivity index (χ3v) is 4.18. The maximum Gasteiger partial charge on any atom is 0.0572 e. The van der Waals surface area contributed by atoms with E-state index in [9.17, 15) is 5.11 Å². The van der Waals surface area contributed by atoms with Gasteiger partial charge >= 0.3 is 0 Å². The van der Waals surface area contributed by atoms with Crippen molar-refractivity contribution in [3.8, 4) is 0 Å². The second kappa shape index (κ2) is 3.48. The molecule has 12 heavy (non-hydrogen) atoms. The van der Waals surface area contributed by atoms with Gasteiger partial charge in [-0.2, -0.15) is 0 Å². The van der Waals surface area contributed by atoms with E-state index in [1.165, 1.54) is 11.3 Å². The van der Waals surface area contributed by atoms with E-state index in [4.69, 9.17) is 0 Å². The molecular weight excluding hydrogens is 236 g/mol. The number of hydrogen-bond acceptors (Lipinski definition) is 2. The largest absolute Gasteiger partial charge is 0.393 e. The smallest absolute Gasteiger partial charge is 0.0572 e. The molecule has 0 amide bonds. The Balaban J connectivity index is 1.95. The van der Waals surface area contributed by atoms with Crippen LogP contribution in [0.3, 0.4) is 0 Å². The summed E-state index contributed by atoms with van der Waals surface area (Å²) in [5.41, 5.74) is 0. The summed E-state index contributed by atoms with van der Waals surface area (Å²) in [6, 6.07) is 2.15. The standard InChI is InChI=1S/C9H11BrOS/c10-7-4-8(12-5-7)3-6-1-2-9(6)11/h4-6,9,11H,1-3H2. The minimum Gasteiger partial charge on any atom is -0.393 e. The van der Waals surface area contributed by atoms with Crippen molar-refractivity contribution >= 4 is 27.3 Å². The molecule has 1 N–H and O–H groups in total. The molecule has 2 unspecified atom stereocenters. The fourth-order valence-corrected chi connectivity index (χ4v) is 3.05. The van der Waals surface area contributed by atoms with E-state index in [0.717, 1.165) is 17.3 Å². The number of thiophene rings is 1. The van der Waals surface area contributed by atoms with E-state index in [-0.39, 0.29) is 6.10 Å². The molecule has 1 aliphatic rings. The summed E-state index contributed by atoms with van der Waals surface area (Å²) in [5, 5.41) is 11.5. The van der Waals surface area contributed by atoms with E-state index in [2.05, 4.69) is 27.4 Å². The first kappa shape index (κ1) is 8.73. The first-order valence-corrected chi connectivity index (χ1v) is 5.84. The number of halogens is 1. The lowest BCUT2D eigenvalue weighted by Crippen LogP contribution is -2.32. The van der Waals surface area contributed by atoms with Crippen LogP contribution in [0.2, 0.25) is 0 Å². The van der Waals surface area contributed by atoms with Crippen molar-refractivity contribution in [1.82, 2.24) is 0 Å². The average Bonchev–Trinajstić information content (AvgIpc) is 2.44. The Bertz CT molecular complexity index is 271. The van der Waals surface area contributed by atoms with Gasteiger partial charge in [-0.05, 0) is 47.2 Å². The van der Waals surface area contributed by atoms with Crippen LogP contribution in [0, 0.1) is 5.92 Å². The molecule has 0 spiro atoms. The topological polar surface area (TPSA) is 20.2 Å². The summed E-state index contributed by atoms with van der Waals surface area (Å²) in [4.78, 5) is 1.38. The van der Waals surface area contributed by atoms with Crippen molar-refractivity contribution in [3.05, 3.63) is 20.8 Å². The zero-order chi connectivity index (χ0) is 8.55. The van der Waals surface area contributed by atoms with Gasteiger partial charge in [-0.1, -0.05) is 0 Å². The van der Waals surface area contributed by atoms with Crippen molar-refractivity contribution < 1.29 is 5.11 Å². The van der Waals surface area contributed by atoms with Crippen LogP contribution in [0.5, 0.6) is 0 Å². The maximum absolute atomic E-state index is 9.37. The molecule has 66 valence electrons. The number of aliphatic hydroxyl groups is 1. The summed E-state index contributed by atoms with van der Waals surface area (Å²) >= 11 is 5.20. The normalized spacial score (nSPS) is 28.5. The third-order valence-electron chi connectivity index (χ3n) is 2.46. The summed E-state index contributed by atoms with van der Waals surface area (Å²) < 4.78 is 1.16. The van der Waals surface area contributed by atoms with E-state index < -0.39 is 0 Å². The van der Waals surface area contributed by atoms with E-state index in [1.807, 2.05) is 0 Å². The molecule has 0 aliphatic heterocycles. The molecule has 0 aromatic carbocycles. The first-order valence-electron chi connectivity index (χ1n) is 4.16. The summed E-state index contributed by atoms with van der Waals surface area (Å²) in [7, 11) is 0. The lowest BCUT2D eigenvalue weighted by molar-refractivity contribution is 0.0248. The number of aliphatic hydroxyl groups excluding tert-OH is 1. The Morgan fingerprint density at radius 1 is 1.58 bits per heavy atom. The molecule has 1 fully saturated rings. The van der Waals surface area contributed by atoms with Gasteiger partial charge in [0.05, 0.1) is 6.10 Å². The molecule has 1 heterocycles. The molecule has 2 atom stereocenters. The fraction of sp³-hybridized carbons (Fsp3) is 0.556. The Labute approximate surface area is 84.6 Å². The van der Waals surface area contributed by atoms with Crippen LogP contribution in [-0.2, 0) is 6.42 Å². The lowest BCUT2D eigenvalue weighted by atomic mass is 9.79. The molecular formula is C9H11BrOS. The van der Waals surface area contributed by atoms with Gasteiger partial charge in [-0.25, -0.2) is 0 Å². The predicted molar refractivity (Wildman–Crippen MR) is 54.5 cm³/mol. The van der Waals surface area contributed by atoms with Gasteiger partial charge in [0.1, 0.15) is 0 Å². The van der Waals surface area contributed by atoms with Crippen molar-refractivity contribution in [1.29, 1.82) is 0 Å². The van der Waals surface area contributed by atoms with Crippen LogP contribution in [0.15, 0.2) is 15.9 Å². The molecule has 1 saturated carbocycles. The van der Waals surface area contributed by atoms with Crippen LogP contribution in [-0.4, -0.2) is 11.2 Å². The van der Waals surface area contributed by atoms with Crippen molar-refractivity contribution in [2.45, 2.75) is 25.4 Å². The summed E-state index contributed by atoms with van der Waals surface area (Å²) in [6.45, 7) is 0. The quantitative estimate of drug-likeness (QED) is 0.852. The highest BCUT2D eigenvalue weighted by Gasteiger charge is 2.28. The van der Waals surface area contributed by atoms with E-state index in [0.29, 0.717) is 5.92 Å². The number of rotatable bonds is 2. The van der Waals surface area contributed by atoms with Crippen LogP contribution in [0.25, 0.3) is 0 Å². The molecule has 0 saturated heterocycles. The lowest BCUT2D eigenvalue weighted by Gasteiger charge is -2.31. The molecule has 0 bridgehead atoms. The average molecular weight is 247 g/mol. The van der Waals surface area contributed by atoms with Gasteiger partial charge in [-0.3, -0.25) is 0 Å². The van der Waals surface area contributed by atoms with Gasteiger partial charge in [0.25, 0.3) is 0 Å². The van der Waals surface area contributed by atoms with Crippen molar-refractivity contribution in [2.24, 2.45) is 5.92 Å². The highest BCUT2D eigenvalue weighted by molar-refractivity contribution is 9.10. The number of hydrogen-bond donors (Lipinski definition) is 1. The Morgan fingerprint density at radius 3 is 2.83 bits per heavy atom. The molecule has 1 aromatic rings. The van der Waals surface area contributed by atoms with Crippen LogP contribution >= 0.6 is 27.3 Å². The van der Waals surface area contributed by atoms with Crippen molar-refractivity contribution in [3.63, 3.8) is 0 Å². The highest BCUT2D eigenvalue weighted by atomic mass is 79.9. The second-order valence-corrected chi connectivity index (χ2v) is 5.25. The van der Waals surface area contributed by atoms with Crippen LogP contribution in [0.1, 0.15) is 17.7 Å². The molecule has 0 radical (unpaired) electrons. The van der Waals surface area contributed by atoms with Crippen LogP contribution in [0.4, 0.5) is 0 Å². The third kappa shape index (κ3) is 1.73. The minimum absolute atomic E-state index is 0.0362. The molecule has 1 aromatic heterocycles. The highest BCUT2D eigenvalue weighted by Crippen LogP contribution is 2.32. The second-order valence-electron chi connectivity index (χ2n) is 3.34. The first-order chi connectivity index (χ1) is 5.75. The van der Waals surface area contributed by atoms with Crippen molar-refractivity contribution in [2.75, 3.05) is 0 Å². The Hall–Kier alpha value is 0.140. The molecule has 1 aliphatic carbocycles. The maximum atomic E-state index is 9.37. The van der Waals surface area contributed by atoms with E-state index in [1.54, 1.807) is 11.3 Å². The zero-order valence-corrected chi connectivity index (χ0v) is 9.07. The SMILES string of the molecule is OC1CCC1Cc1cc(Br)cs1. The van der Waals surface area contributed by atoms with Crippen LogP contribution < -0.4 is 0 Å². The van der Waals surface area contributed by atoms with Gasteiger partial charge in [-0.15, -0.1) is 11.3 Å². The van der Waals surface area contributed by atoms with Gasteiger partial charge in [0.2, 0.25) is 0 Å². The Morgan fingerprint density at radius 2 is 2.42 bits per heavy atom. The van der Waals surface area contributed by atoms with E-state index >= 15 is 0 Å². The fourth-order valence-electron chi connectivity index (χ4n) is 1.51. The molecule has 1 nitrogen and oxygen atoms in total. The van der Waals surface area contributed by atoms with Gasteiger partial charge in [0, 0.05) is 14.7 Å². The minimum atomic E-state index is -0.0362. The summed E-state index contributed by atoms with van der Waals surface area (Å²) in [5.74, 6) is 0.524. The Kier molecular flexibility index (Phi) is 2.53. The monoisotopic (exact) mass is 246 g/mol. The molecule has 3 heteroatoms. The molecule has 2 rings (SSSR count). The van der Waals surface area contributed by atoms with Gasteiger partial charge in [0.15, 0.2) is 0 Å². The summed E-state index contributed by atoms with van der Waals surface area (Å²) in [6.07, 6.45) is 3.21.